The number of anilines is 1. The predicted molar refractivity (Wildman–Crippen MR) is 86.2 cm³/mol. The van der Waals surface area contributed by atoms with Gasteiger partial charge in [-0.3, -0.25) is 0 Å². The highest BCUT2D eigenvalue weighted by Crippen LogP contribution is 2.32. The van der Waals surface area contributed by atoms with Gasteiger partial charge in [-0.05, 0) is 56.7 Å². The van der Waals surface area contributed by atoms with Crippen molar-refractivity contribution in [3.63, 3.8) is 0 Å². The van der Waals surface area contributed by atoms with E-state index in [-0.39, 0.29) is 5.54 Å². The Kier molecular flexibility index (Phi) is 4.10. The van der Waals surface area contributed by atoms with Crippen LogP contribution in [0.1, 0.15) is 52.2 Å². The van der Waals surface area contributed by atoms with Gasteiger partial charge in [-0.15, -0.1) is 0 Å². The zero-order valence-corrected chi connectivity index (χ0v) is 13.9. The number of nitrogens with zero attached hydrogens (tertiary/aromatic N) is 2. The van der Waals surface area contributed by atoms with Crippen molar-refractivity contribution in [2.45, 2.75) is 60.0 Å². The first kappa shape index (κ1) is 15.3. The van der Waals surface area contributed by atoms with Crippen molar-refractivity contribution >= 4 is 5.82 Å². The molecule has 2 rings (SSSR count). The summed E-state index contributed by atoms with van der Waals surface area (Å²) >= 11 is 0. The number of aryl methyl sites for hydroxylation is 1. The molecule has 0 saturated carbocycles. The molecule has 0 bridgehead atoms. The van der Waals surface area contributed by atoms with Crippen molar-refractivity contribution in [2.24, 2.45) is 5.41 Å². The number of hydrogen-bond acceptors (Lipinski definition) is 3. The summed E-state index contributed by atoms with van der Waals surface area (Å²) in [7, 11) is 0. The van der Waals surface area contributed by atoms with E-state index in [1.807, 2.05) is 6.20 Å². The second kappa shape index (κ2) is 5.36. The molecule has 112 valence electrons. The van der Waals surface area contributed by atoms with E-state index in [0.29, 0.717) is 5.41 Å². The largest absolute Gasteiger partial charge is 0.356 e. The SMILES string of the molecule is Cc1cc(CNC(C)(C)C)cnc1N1CCC(C)(C)C1. The van der Waals surface area contributed by atoms with Gasteiger partial charge in [0.05, 0.1) is 0 Å². The summed E-state index contributed by atoms with van der Waals surface area (Å²) in [5.74, 6) is 1.16. The number of aromatic nitrogens is 1. The molecule has 0 amide bonds. The molecule has 1 aliphatic rings. The fourth-order valence-corrected chi connectivity index (χ4v) is 2.71. The van der Waals surface area contributed by atoms with E-state index < -0.39 is 0 Å². The first-order valence-electron chi connectivity index (χ1n) is 7.62. The minimum Gasteiger partial charge on any atom is -0.356 e. The molecule has 1 aromatic heterocycles. The lowest BCUT2D eigenvalue weighted by molar-refractivity contribution is 0.418. The van der Waals surface area contributed by atoms with Gasteiger partial charge in [-0.1, -0.05) is 13.8 Å². The van der Waals surface area contributed by atoms with Gasteiger partial charge in [0.1, 0.15) is 5.82 Å². The van der Waals surface area contributed by atoms with Crippen LogP contribution in [-0.4, -0.2) is 23.6 Å². The molecule has 1 aliphatic heterocycles. The molecule has 0 atom stereocenters. The molecule has 3 heteroatoms. The average molecular weight is 275 g/mol. The third-order valence-corrected chi connectivity index (χ3v) is 3.91. The van der Waals surface area contributed by atoms with Crippen LogP contribution in [0.3, 0.4) is 0 Å². The zero-order chi connectivity index (χ0) is 15.0. The van der Waals surface area contributed by atoms with Crippen LogP contribution in [0, 0.1) is 12.3 Å². The summed E-state index contributed by atoms with van der Waals surface area (Å²) in [6.45, 7) is 16.5. The third kappa shape index (κ3) is 3.95. The fraction of sp³-hybridized carbons (Fsp3) is 0.706. The summed E-state index contributed by atoms with van der Waals surface area (Å²) in [6.07, 6.45) is 3.27. The van der Waals surface area contributed by atoms with Gasteiger partial charge in [0.15, 0.2) is 0 Å². The third-order valence-electron chi connectivity index (χ3n) is 3.91. The zero-order valence-electron chi connectivity index (χ0n) is 13.9. The lowest BCUT2D eigenvalue weighted by atomic mass is 9.93. The average Bonchev–Trinajstić information content (AvgIpc) is 2.66. The Bertz CT molecular complexity index is 472. The van der Waals surface area contributed by atoms with Crippen LogP contribution in [0.2, 0.25) is 0 Å². The van der Waals surface area contributed by atoms with Crippen LogP contribution in [0.15, 0.2) is 12.3 Å². The topological polar surface area (TPSA) is 28.2 Å². The first-order valence-corrected chi connectivity index (χ1v) is 7.62. The lowest BCUT2D eigenvalue weighted by Crippen LogP contribution is -2.35. The minimum absolute atomic E-state index is 0.144. The normalized spacial score (nSPS) is 18.6. The van der Waals surface area contributed by atoms with E-state index >= 15 is 0 Å². The Morgan fingerprint density at radius 3 is 2.55 bits per heavy atom. The molecule has 0 unspecified atom stereocenters. The van der Waals surface area contributed by atoms with Gasteiger partial charge >= 0.3 is 0 Å². The van der Waals surface area contributed by atoms with Crippen molar-refractivity contribution in [3.8, 4) is 0 Å². The minimum atomic E-state index is 0.144. The number of rotatable bonds is 3. The van der Waals surface area contributed by atoms with E-state index in [1.165, 1.54) is 17.5 Å². The Hall–Kier alpha value is -1.09. The van der Waals surface area contributed by atoms with Gasteiger partial charge in [-0.25, -0.2) is 4.98 Å². The Balaban J connectivity index is 2.07. The van der Waals surface area contributed by atoms with Crippen molar-refractivity contribution in [3.05, 3.63) is 23.4 Å². The highest BCUT2D eigenvalue weighted by molar-refractivity contribution is 5.48. The van der Waals surface area contributed by atoms with Gasteiger partial charge < -0.3 is 10.2 Å². The standard InChI is InChI=1S/C17H29N3/c1-13-9-14(11-19-16(2,3)4)10-18-15(13)20-8-7-17(5,6)12-20/h9-10,19H,7-8,11-12H2,1-6H3. The van der Waals surface area contributed by atoms with E-state index in [4.69, 9.17) is 4.98 Å². The van der Waals surface area contributed by atoms with E-state index in [2.05, 4.69) is 57.8 Å². The van der Waals surface area contributed by atoms with Crippen LogP contribution >= 0.6 is 0 Å². The molecule has 0 radical (unpaired) electrons. The maximum absolute atomic E-state index is 4.71. The van der Waals surface area contributed by atoms with E-state index in [1.54, 1.807) is 0 Å². The molecule has 1 aromatic rings. The number of nitrogens with one attached hydrogen (secondary N) is 1. The number of pyridine rings is 1. The first-order chi connectivity index (χ1) is 9.16. The summed E-state index contributed by atoms with van der Waals surface area (Å²) in [5.41, 5.74) is 3.11. The van der Waals surface area contributed by atoms with E-state index in [9.17, 15) is 0 Å². The highest BCUT2D eigenvalue weighted by Gasteiger charge is 2.30. The monoisotopic (exact) mass is 275 g/mol. The Morgan fingerprint density at radius 1 is 1.35 bits per heavy atom. The molecule has 1 saturated heterocycles. The molecule has 0 aliphatic carbocycles. The molecular weight excluding hydrogens is 246 g/mol. The second-order valence-electron chi connectivity index (χ2n) is 7.92. The molecule has 2 heterocycles. The fourth-order valence-electron chi connectivity index (χ4n) is 2.71. The summed E-state index contributed by atoms with van der Waals surface area (Å²) < 4.78 is 0. The van der Waals surface area contributed by atoms with Gasteiger partial charge in [0.2, 0.25) is 0 Å². The van der Waals surface area contributed by atoms with Gasteiger partial charge in [0, 0.05) is 31.4 Å². The van der Waals surface area contributed by atoms with Crippen LogP contribution < -0.4 is 10.2 Å². The van der Waals surface area contributed by atoms with Crippen LogP contribution in [-0.2, 0) is 6.54 Å². The van der Waals surface area contributed by atoms with Crippen molar-refractivity contribution in [1.82, 2.24) is 10.3 Å². The molecule has 0 aromatic carbocycles. The summed E-state index contributed by atoms with van der Waals surface area (Å²) in [5, 5.41) is 3.51. The lowest BCUT2D eigenvalue weighted by Gasteiger charge is -2.23. The van der Waals surface area contributed by atoms with Gasteiger partial charge in [-0.2, -0.15) is 0 Å². The maximum atomic E-state index is 4.71. The molecule has 1 fully saturated rings. The molecular formula is C17H29N3. The second-order valence-corrected chi connectivity index (χ2v) is 7.92. The predicted octanol–water partition coefficient (Wildman–Crippen LogP) is 3.51. The van der Waals surface area contributed by atoms with Crippen molar-refractivity contribution in [2.75, 3.05) is 18.0 Å². The number of hydrogen-bond donors (Lipinski definition) is 1. The summed E-state index contributed by atoms with van der Waals surface area (Å²) in [4.78, 5) is 7.14. The van der Waals surface area contributed by atoms with Crippen LogP contribution in [0.4, 0.5) is 5.82 Å². The quantitative estimate of drug-likeness (QED) is 0.915. The van der Waals surface area contributed by atoms with Crippen LogP contribution in [0.5, 0.6) is 0 Å². The van der Waals surface area contributed by atoms with Gasteiger partial charge in [0.25, 0.3) is 0 Å². The van der Waals surface area contributed by atoms with E-state index in [0.717, 1.165) is 25.5 Å². The van der Waals surface area contributed by atoms with Crippen LogP contribution in [0.25, 0.3) is 0 Å². The smallest absolute Gasteiger partial charge is 0.131 e. The maximum Gasteiger partial charge on any atom is 0.131 e. The molecule has 3 nitrogen and oxygen atoms in total. The molecule has 20 heavy (non-hydrogen) atoms. The Morgan fingerprint density at radius 2 is 2.05 bits per heavy atom. The van der Waals surface area contributed by atoms with Crippen molar-refractivity contribution in [1.29, 1.82) is 0 Å². The summed E-state index contributed by atoms with van der Waals surface area (Å²) in [6, 6.07) is 2.27. The van der Waals surface area contributed by atoms with Crippen molar-refractivity contribution < 1.29 is 0 Å². The Labute approximate surface area is 123 Å². The molecule has 0 spiro atoms. The highest BCUT2D eigenvalue weighted by atomic mass is 15.2. The molecule has 1 N–H and O–H groups in total.